The van der Waals surface area contributed by atoms with Crippen molar-refractivity contribution in [2.45, 2.75) is 6.42 Å². The molecular formula is C20H22N4O3. The molecule has 1 fully saturated rings. The van der Waals surface area contributed by atoms with Crippen molar-refractivity contribution in [3.8, 4) is 0 Å². The Morgan fingerprint density at radius 2 is 1.96 bits per heavy atom. The molecule has 0 bridgehead atoms. The molecule has 0 aliphatic carbocycles. The summed E-state index contributed by atoms with van der Waals surface area (Å²) in [6.07, 6.45) is 2.44. The van der Waals surface area contributed by atoms with Crippen LogP contribution in [0, 0.1) is 0 Å². The number of hydrogen-bond donors (Lipinski definition) is 1. The van der Waals surface area contributed by atoms with Crippen LogP contribution in [0.1, 0.15) is 16.8 Å². The molecule has 1 aliphatic rings. The van der Waals surface area contributed by atoms with Crippen molar-refractivity contribution in [2.75, 3.05) is 39.4 Å². The molecule has 0 radical (unpaired) electrons. The van der Waals surface area contributed by atoms with Crippen LogP contribution in [0.5, 0.6) is 0 Å². The van der Waals surface area contributed by atoms with Crippen LogP contribution in [0.15, 0.2) is 47.4 Å². The van der Waals surface area contributed by atoms with E-state index in [0.717, 1.165) is 39.3 Å². The highest BCUT2D eigenvalue weighted by molar-refractivity contribution is 5.94. The fraction of sp³-hybridized carbons (Fsp3) is 0.350. The van der Waals surface area contributed by atoms with Gasteiger partial charge in [0.15, 0.2) is 0 Å². The molecule has 7 nitrogen and oxygen atoms in total. The lowest BCUT2D eigenvalue weighted by Crippen LogP contribution is -2.38. The average Bonchev–Trinajstić information content (AvgIpc) is 2.72. The fourth-order valence-electron chi connectivity index (χ4n) is 3.32. The first kappa shape index (κ1) is 17.6. The van der Waals surface area contributed by atoms with Gasteiger partial charge in [0.05, 0.1) is 29.7 Å². The Kier molecular flexibility index (Phi) is 5.13. The molecule has 1 aliphatic heterocycles. The molecule has 3 heterocycles. The van der Waals surface area contributed by atoms with Gasteiger partial charge in [0.25, 0.3) is 11.5 Å². The molecule has 140 valence electrons. The quantitative estimate of drug-likeness (QED) is 0.544. The maximum Gasteiger partial charge on any atom is 0.265 e. The zero-order valence-corrected chi connectivity index (χ0v) is 15.1. The Bertz CT molecular complexity index is 1020. The summed E-state index contributed by atoms with van der Waals surface area (Å²) < 4.78 is 6.76. The van der Waals surface area contributed by atoms with E-state index in [0.29, 0.717) is 28.7 Å². The molecule has 1 saturated heterocycles. The summed E-state index contributed by atoms with van der Waals surface area (Å²) in [5, 5.41) is 3.47. The van der Waals surface area contributed by atoms with Crippen molar-refractivity contribution in [2.24, 2.45) is 0 Å². The Morgan fingerprint density at radius 3 is 2.81 bits per heavy atom. The third-order valence-electron chi connectivity index (χ3n) is 4.82. The second-order valence-corrected chi connectivity index (χ2v) is 6.64. The minimum absolute atomic E-state index is 0.169. The van der Waals surface area contributed by atoms with Gasteiger partial charge in [-0.2, -0.15) is 0 Å². The van der Waals surface area contributed by atoms with Gasteiger partial charge in [0.2, 0.25) is 0 Å². The highest BCUT2D eigenvalue weighted by atomic mass is 16.5. The van der Waals surface area contributed by atoms with E-state index < -0.39 is 0 Å². The second-order valence-electron chi connectivity index (χ2n) is 6.64. The van der Waals surface area contributed by atoms with E-state index >= 15 is 0 Å². The molecule has 4 rings (SSSR count). The number of pyridine rings is 1. The Hall–Kier alpha value is -2.77. The van der Waals surface area contributed by atoms with Gasteiger partial charge in [-0.1, -0.05) is 12.1 Å². The first-order valence-corrected chi connectivity index (χ1v) is 9.22. The molecule has 7 heteroatoms. The van der Waals surface area contributed by atoms with Crippen molar-refractivity contribution < 1.29 is 9.53 Å². The predicted octanol–water partition coefficient (Wildman–Crippen LogP) is 1.30. The SMILES string of the molecule is O=C(NCCCN1CCOCC1)c1ccc2nc3ccccc3c(=O)n2c1. The number of para-hydroxylation sites is 1. The van der Waals surface area contributed by atoms with E-state index in [9.17, 15) is 9.59 Å². The van der Waals surface area contributed by atoms with Crippen LogP contribution >= 0.6 is 0 Å². The van der Waals surface area contributed by atoms with Crippen molar-refractivity contribution in [3.05, 3.63) is 58.5 Å². The summed E-state index contributed by atoms with van der Waals surface area (Å²) in [4.78, 5) is 31.9. The largest absolute Gasteiger partial charge is 0.379 e. The van der Waals surface area contributed by atoms with E-state index in [1.165, 1.54) is 4.40 Å². The lowest BCUT2D eigenvalue weighted by atomic mass is 10.2. The number of amides is 1. The first-order chi connectivity index (χ1) is 13.2. The van der Waals surface area contributed by atoms with Gasteiger partial charge in [0.1, 0.15) is 5.65 Å². The standard InChI is InChI=1S/C20H22N4O3/c25-19(21-8-3-9-23-10-12-27-13-11-23)15-6-7-18-22-17-5-2-1-4-16(17)20(26)24(18)14-15/h1-2,4-7,14H,3,8-13H2,(H,21,25). The lowest BCUT2D eigenvalue weighted by Gasteiger charge is -2.26. The van der Waals surface area contributed by atoms with E-state index in [1.54, 1.807) is 24.4 Å². The smallest absolute Gasteiger partial charge is 0.265 e. The molecule has 0 atom stereocenters. The lowest BCUT2D eigenvalue weighted by molar-refractivity contribution is 0.0374. The first-order valence-electron chi connectivity index (χ1n) is 9.22. The number of carbonyl (C=O) groups is 1. The maximum atomic E-state index is 12.7. The number of ether oxygens (including phenoxy) is 1. The van der Waals surface area contributed by atoms with Gasteiger partial charge in [-0.3, -0.25) is 18.9 Å². The third-order valence-corrected chi connectivity index (χ3v) is 4.82. The summed E-state index contributed by atoms with van der Waals surface area (Å²) in [6.45, 7) is 4.99. The Morgan fingerprint density at radius 1 is 1.15 bits per heavy atom. The number of nitrogens with zero attached hydrogens (tertiary/aromatic N) is 3. The van der Waals surface area contributed by atoms with Crippen LogP contribution in [-0.4, -0.2) is 59.6 Å². The highest BCUT2D eigenvalue weighted by Crippen LogP contribution is 2.10. The maximum absolute atomic E-state index is 12.7. The van der Waals surface area contributed by atoms with Gasteiger partial charge in [-0.25, -0.2) is 4.98 Å². The normalized spacial score (nSPS) is 15.3. The number of fused-ring (bicyclic) bond motifs is 2. The average molecular weight is 366 g/mol. The number of nitrogens with one attached hydrogen (secondary N) is 1. The molecule has 1 aromatic carbocycles. The number of hydrogen-bond acceptors (Lipinski definition) is 5. The Labute approximate surface area is 156 Å². The van der Waals surface area contributed by atoms with Crippen molar-refractivity contribution in [1.82, 2.24) is 19.6 Å². The summed E-state index contributed by atoms with van der Waals surface area (Å²) in [5.41, 5.74) is 1.47. The summed E-state index contributed by atoms with van der Waals surface area (Å²) in [6, 6.07) is 10.6. The molecular weight excluding hydrogens is 344 g/mol. The number of carbonyl (C=O) groups excluding carboxylic acids is 1. The van der Waals surface area contributed by atoms with Crippen LogP contribution in [0.3, 0.4) is 0 Å². The monoisotopic (exact) mass is 366 g/mol. The van der Waals surface area contributed by atoms with Crippen LogP contribution < -0.4 is 10.9 Å². The van der Waals surface area contributed by atoms with E-state index in [4.69, 9.17) is 4.74 Å². The molecule has 0 unspecified atom stereocenters. The van der Waals surface area contributed by atoms with Crippen LogP contribution in [0.25, 0.3) is 16.6 Å². The van der Waals surface area contributed by atoms with E-state index in [1.807, 2.05) is 18.2 Å². The number of rotatable bonds is 5. The van der Waals surface area contributed by atoms with Gasteiger partial charge in [-0.05, 0) is 37.2 Å². The summed E-state index contributed by atoms with van der Waals surface area (Å²) >= 11 is 0. The van der Waals surface area contributed by atoms with Crippen molar-refractivity contribution in [1.29, 1.82) is 0 Å². The van der Waals surface area contributed by atoms with Gasteiger partial charge >= 0.3 is 0 Å². The van der Waals surface area contributed by atoms with Gasteiger partial charge in [0, 0.05) is 25.8 Å². The number of aromatic nitrogens is 2. The zero-order chi connectivity index (χ0) is 18.6. The van der Waals surface area contributed by atoms with Crippen molar-refractivity contribution in [3.63, 3.8) is 0 Å². The minimum atomic E-state index is -0.182. The number of benzene rings is 1. The zero-order valence-electron chi connectivity index (χ0n) is 15.1. The molecule has 2 aromatic heterocycles. The molecule has 0 spiro atoms. The molecule has 0 saturated carbocycles. The molecule has 3 aromatic rings. The third kappa shape index (κ3) is 3.84. The molecule has 1 amide bonds. The number of morpholine rings is 1. The van der Waals surface area contributed by atoms with Crippen molar-refractivity contribution >= 4 is 22.5 Å². The molecule has 27 heavy (non-hydrogen) atoms. The molecule has 1 N–H and O–H groups in total. The topological polar surface area (TPSA) is 75.9 Å². The fourth-order valence-corrected chi connectivity index (χ4v) is 3.32. The van der Waals surface area contributed by atoms with Crippen LogP contribution in [0.2, 0.25) is 0 Å². The summed E-state index contributed by atoms with van der Waals surface area (Å²) in [7, 11) is 0. The van der Waals surface area contributed by atoms with Gasteiger partial charge in [-0.15, -0.1) is 0 Å². The Balaban J connectivity index is 1.45. The van der Waals surface area contributed by atoms with Crippen LogP contribution in [-0.2, 0) is 4.74 Å². The van der Waals surface area contributed by atoms with Gasteiger partial charge < -0.3 is 10.1 Å². The van der Waals surface area contributed by atoms with E-state index in [-0.39, 0.29) is 11.5 Å². The van der Waals surface area contributed by atoms with E-state index in [2.05, 4.69) is 15.2 Å². The highest BCUT2D eigenvalue weighted by Gasteiger charge is 2.11. The second kappa shape index (κ2) is 7.85. The minimum Gasteiger partial charge on any atom is -0.379 e. The summed E-state index contributed by atoms with van der Waals surface area (Å²) in [5.74, 6) is -0.182. The predicted molar refractivity (Wildman–Crippen MR) is 103 cm³/mol. The van der Waals surface area contributed by atoms with Crippen LogP contribution in [0.4, 0.5) is 0 Å².